The molecule has 1 N–H and O–H groups in total. The smallest absolute Gasteiger partial charge is 0.240 e. The van der Waals surface area contributed by atoms with Gasteiger partial charge in [-0.1, -0.05) is 43.7 Å². The van der Waals surface area contributed by atoms with Crippen LogP contribution in [0, 0.1) is 0 Å². The van der Waals surface area contributed by atoms with Gasteiger partial charge in [0.05, 0.1) is 12.0 Å². The average molecular weight is 404 g/mol. The molecule has 1 saturated heterocycles. The van der Waals surface area contributed by atoms with E-state index in [9.17, 15) is 8.42 Å². The fourth-order valence-electron chi connectivity index (χ4n) is 3.83. The maximum Gasteiger partial charge on any atom is 0.240 e. The third-order valence-corrected chi connectivity index (χ3v) is 6.92. The van der Waals surface area contributed by atoms with Crippen LogP contribution in [0.2, 0.25) is 0 Å². The molecule has 1 heterocycles. The first-order valence-corrected chi connectivity index (χ1v) is 11.3. The molecular weight excluding hydrogens is 374 g/mol. The molecule has 0 unspecified atom stereocenters. The summed E-state index contributed by atoms with van der Waals surface area (Å²) in [5.74, 6) is 0.785. The Kier molecular flexibility index (Phi) is 6.75. The van der Waals surface area contributed by atoms with Crippen LogP contribution >= 0.6 is 0 Å². The Balaban J connectivity index is 1.83. The Bertz CT molecular complexity index is 872. The van der Waals surface area contributed by atoms with Gasteiger partial charge in [-0.3, -0.25) is 0 Å². The van der Waals surface area contributed by atoms with Crippen molar-refractivity contribution in [2.24, 2.45) is 0 Å². The van der Waals surface area contributed by atoms with E-state index >= 15 is 0 Å². The summed E-state index contributed by atoms with van der Waals surface area (Å²) in [5, 5.41) is 0. The topological polar surface area (TPSA) is 64.6 Å². The summed E-state index contributed by atoms with van der Waals surface area (Å²) in [6.07, 6.45) is 3.47. The number of rotatable bonds is 8. The number of methoxy groups -OCH3 is 1. The molecule has 6 heteroatoms. The van der Waals surface area contributed by atoms with Gasteiger partial charge in [-0.15, -0.1) is 0 Å². The van der Waals surface area contributed by atoms with Crippen LogP contribution in [0.5, 0.6) is 5.75 Å². The molecule has 28 heavy (non-hydrogen) atoms. The van der Waals surface area contributed by atoms with Crippen molar-refractivity contribution in [2.45, 2.75) is 42.9 Å². The summed E-state index contributed by atoms with van der Waals surface area (Å²) in [5.41, 5.74) is 1.83. The van der Waals surface area contributed by atoms with E-state index in [0.29, 0.717) is 24.7 Å². The van der Waals surface area contributed by atoms with Crippen LogP contribution in [0.15, 0.2) is 53.4 Å². The zero-order valence-electron chi connectivity index (χ0n) is 16.6. The summed E-state index contributed by atoms with van der Waals surface area (Å²) >= 11 is 0. The van der Waals surface area contributed by atoms with Gasteiger partial charge < -0.3 is 9.47 Å². The number of para-hydroxylation sites is 1. The second kappa shape index (κ2) is 9.07. The highest BCUT2D eigenvalue weighted by molar-refractivity contribution is 7.89. The first-order chi connectivity index (χ1) is 13.5. The molecule has 1 aliphatic heterocycles. The highest BCUT2D eigenvalue weighted by Crippen LogP contribution is 2.39. The van der Waals surface area contributed by atoms with Crippen LogP contribution in [0.3, 0.4) is 0 Å². The van der Waals surface area contributed by atoms with Gasteiger partial charge >= 0.3 is 0 Å². The highest BCUT2D eigenvalue weighted by atomic mass is 32.2. The largest absolute Gasteiger partial charge is 0.496 e. The predicted octanol–water partition coefficient (Wildman–Crippen LogP) is 3.67. The van der Waals surface area contributed by atoms with Crippen molar-refractivity contribution in [3.05, 3.63) is 59.7 Å². The molecule has 0 spiro atoms. The second-order valence-electron chi connectivity index (χ2n) is 7.31. The maximum absolute atomic E-state index is 12.9. The quantitative estimate of drug-likeness (QED) is 0.730. The van der Waals surface area contributed by atoms with Gasteiger partial charge in [-0.05, 0) is 43.0 Å². The van der Waals surface area contributed by atoms with Crippen LogP contribution in [0.1, 0.15) is 37.3 Å². The Labute approximate surface area is 168 Å². The Morgan fingerprint density at radius 3 is 2.39 bits per heavy atom. The number of sulfonamides is 1. The maximum atomic E-state index is 12.9. The lowest BCUT2D eigenvalue weighted by molar-refractivity contribution is 0.0509. The van der Waals surface area contributed by atoms with E-state index in [1.807, 2.05) is 36.4 Å². The molecule has 0 aliphatic carbocycles. The van der Waals surface area contributed by atoms with Crippen LogP contribution in [0.25, 0.3) is 0 Å². The van der Waals surface area contributed by atoms with E-state index in [4.69, 9.17) is 9.47 Å². The summed E-state index contributed by atoms with van der Waals surface area (Å²) in [6.45, 7) is 3.63. The molecule has 1 aliphatic rings. The molecule has 0 radical (unpaired) electrons. The van der Waals surface area contributed by atoms with Crippen LogP contribution in [-0.4, -0.2) is 35.3 Å². The monoisotopic (exact) mass is 403 g/mol. The zero-order valence-corrected chi connectivity index (χ0v) is 17.4. The summed E-state index contributed by atoms with van der Waals surface area (Å²) in [4.78, 5) is 0.301. The minimum Gasteiger partial charge on any atom is -0.496 e. The second-order valence-corrected chi connectivity index (χ2v) is 9.08. The molecule has 2 aromatic carbocycles. The van der Waals surface area contributed by atoms with Crippen molar-refractivity contribution in [1.29, 1.82) is 0 Å². The third-order valence-electron chi connectivity index (χ3n) is 5.50. The molecule has 3 rings (SSSR count). The minimum absolute atomic E-state index is 0.301. The predicted molar refractivity (Wildman–Crippen MR) is 110 cm³/mol. The van der Waals surface area contributed by atoms with Gasteiger partial charge in [0.2, 0.25) is 10.0 Å². The lowest BCUT2D eigenvalue weighted by atomic mass is 9.74. The van der Waals surface area contributed by atoms with E-state index in [-0.39, 0.29) is 5.41 Å². The lowest BCUT2D eigenvalue weighted by Crippen LogP contribution is -2.44. The molecule has 0 aromatic heterocycles. The van der Waals surface area contributed by atoms with Crippen LogP contribution in [0.4, 0.5) is 0 Å². The molecule has 1 fully saturated rings. The first kappa shape index (κ1) is 20.8. The normalized spacial score (nSPS) is 16.6. The summed E-state index contributed by atoms with van der Waals surface area (Å²) in [6, 6.07) is 15.0. The van der Waals surface area contributed by atoms with E-state index in [1.54, 1.807) is 19.2 Å². The standard InChI is InChI=1S/C22H29NO4S/c1-3-6-18-9-11-19(12-10-18)28(24,25)23-17-22(13-15-27-16-14-22)20-7-4-5-8-21(20)26-2/h4-5,7-12,23H,3,6,13-17H2,1-2H3. The Morgan fingerprint density at radius 2 is 1.75 bits per heavy atom. The van der Waals surface area contributed by atoms with Gasteiger partial charge in [0, 0.05) is 30.7 Å². The van der Waals surface area contributed by atoms with Crippen molar-refractivity contribution in [1.82, 2.24) is 4.72 Å². The van der Waals surface area contributed by atoms with Crippen LogP contribution < -0.4 is 9.46 Å². The van der Waals surface area contributed by atoms with E-state index in [2.05, 4.69) is 11.6 Å². The van der Waals surface area contributed by atoms with Gasteiger partial charge in [-0.25, -0.2) is 13.1 Å². The highest BCUT2D eigenvalue weighted by Gasteiger charge is 2.37. The number of benzene rings is 2. The van der Waals surface area contributed by atoms with Gasteiger partial charge in [0.1, 0.15) is 5.75 Å². The number of hydrogen-bond acceptors (Lipinski definition) is 4. The van der Waals surface area contributed by atoms with Crippen molar-refractivity contribution < 1.29 is 17.9 Å². The SMILES string of the molecule is CCCc1ccc(S(=O)(=O)NCC2(c3ccccc3OC)CCOCC2)cc1. The molecule has 0 bridgehead atoms. The summed E-state index contributed by atoms with van der Waals surface area (Å²) in [7, 11) is -1.94. The van der Waals surface area contributed by atoms with Crippen molar-refractivity contribution in [3.63, 3.8) is 0 Å². The fraction of sp³-hybridized carbons (Fsp3) is 0.455. The molecule has 0 saturated carbocycles. The molecule has 0 amide bonds. The number of nitrogens with one attached hydrogen (secondary N) is 1. The molecule has 152 valence electrons. The lowest BCUT2D eigenvalue weighted by Gasteiger charge is -2.38. The van der Waals surface area contributed by atoms with E-state index < -0.39 is 10.0 Å². The number of ether oxygens (including phenoxy) is 2. The number of hydrogen-bond donors (Lipinski definition) is 1. The Hall–Kier alpha value is -1.89. The van der Waals surface area contributed by atoms with Crippen molar-refractivity contribution in [2.75, 3.05) is 26.9 Å². The van der Waals surface area contributed by atoms with Gasteiger partial charge in [0.25, 0.3) is 0 Å². The van der Waals surface area contributed by atoms with Gasteiger partial charge in [0.15, 0.2) is 0 Å². The molecular formula is C22H29NO4S. The fourth-order valence-corrected chi connectivity index (χ4v) is 4.95. The third kappa shape index (κ3) is 4.57. The molecule has 2 aromatic rings. The molecule has 5 nitrogen and oxygen atoms in total. The number of aryl methyl sites for hydroxylation is 1. The Morgan fingerprint density at radius 1 is 1.07 bits per heavy atom. The average Bonchev–Trinajstić information content (AvgIpc) is 2.74. The van der Waals surface area contributed by atoms with Crippen molar-refractivity contribution in [3.8, 4) is 5.75 Å². The molecule has 0 atom stereocenters. The van der Waals surface area contributed by atoms with E-state index in [1.165, 1.54) is 0 Å². The van der Waals surface area contributed by atoms with Crippen LogP contribution in [-0.2, 0) is 26.6 Å². The zero-order chi connectivity index (χ0) is 20.0. The summed E-state index contributed by atoms with van der Waals surface area (Å²) < 4.78 is 39.8. The first-order valence-electron chi connectivity index (χ1n) is 9.80. The minimum atomic E-state index is -3.59. The van der Waals surface area contributed by atoms with Gasteiger partial charge in [-0.2, -0.15) is 0 Å². The van der Waals surface area contributed by atoms with E-state index in [0.717, 1.165) is 42.6 Å². The van der Waals surface area contributed by atoms with Crippen molar-refractivity contribution >= 4 is 10.0 Å².